The number of aryl methyl sites for hydroxylation is 1. The first kappa shape index (κ1) is 23.4. The smallest absolute Gasteiger partial charge is 0.193 e. The van der Waals surface area contributed by atoms with E-state index in [1.165, 1.54) is 80.3 Å². The molecule has 30 heavy (non-hydrogen) atoms. The molecule has 2 aromatic heterocycles. The van der Waals surface area contributed by atoms with Gasteiger partial charge in [0.2, 0.25) is 0 Å². The van der Waals surface area contributed by atoms with Crippen LogP contribution in [0, 0.1) is 5.92 Å². The second-order valence-electron chi connectivity index (χ2n) is 8.62. The van der Waals surface area contributed by atoms with Crippen molar-refractivity contribution < 1.29 is 9.47 Å². The molecule has 0 bridgehead atoms. The Bertz CT molecular complexity index is 704. The molecule has 1 aliphatic rings. The number of unbranched alkanes of at least 4 members (excludes halogenated alkanes) is 7. The minimum atomic E-state index is -0.203. The molecule has 3 rings (SSSR count). The van der Waals surface area contributed by atoms with Gasteiger partial charge in [0, 0.05) is 28.2 Å². The van der Waals surface area contributed by atoms with E-state index < -0.39 is 0 Å². The number of nitrogens with zero attached hydrogens (tertiary/aromatic N) is 1. The number of hydrogen-bond donors (Lipinski definition) is 0. The molecule has 3 heterocycles. The zero-order valence-corrected chi connectivity index (χ0v) is 19.7. The highest BCUT2D eigenvalue weighted by Crippen LogP contribution is 2.35. The molecule has 0 amide bonds. The summed E-state index contributed by atoms with van der Waals surface area (Å²) in [5, 5.41) is 0. The molecule has 0 unspecified atom stereocenters. The predicted octanol–water partition coefficient (Wildman–Crippen LogP) is 7.96. The number of aromatic nitrogens is 1. The van der Waals surface area contributed by atoms with Crippen LogP contribution in [0.3, 0.4) is 0 Å². The maximum absolute atomic E-state index is 6.05. The zero-order valence-electron chi connectivity index (χ0n) is 18.9. The fourth-order valence-corrected chi connectivity index (χ4v) is 4.99. The van der Waals surface area contributed by atoms with Crippen molar-refractivity contribution in [1.29, 1.82) is 0 Å². The van der Waals surface area contributed by atoms with Crippen molar-refractivity contribution in [3.8, 4) is 10.4 Å². The van der Waals surface area contributed by atoms with Crippen LogP contribution in [0.15, 0.2) is 30.5 Å². The van der Waals surface area contributed by atoms with Crippen molar-refractivity contribution in [2.24, 2.45) is 5.92 Å². The van der Waals surface area contributed by atoms with Gasteiger partial charge in [-0.2, -0.15) is 0 Å². The summed E-state index contributed by atoms with van der Waals surface area (Å²) < 4.78 is 12.1. The molecule has 4 heteroatoms. The first-order valence-electron chi connectivity index (χ1n) is 12.1. The molecule has 0 spiro atoms. The van der Waals surface area contributed by atoms with E-state index in [0.717, 1.165) is 24.5 Å². The summed E-state index contributed by atoms with van der Waals surface area (Å²) >= 11 is 1.76. The van der Waals surface area contributed by atoms with Crippen LogP contribution < -0.4 is 0 Å². The highest BCUT2D eigenvalue weighted by atomic mass is 32.1. The van der Waals surface area contributed by atoms with Crippen LogP contribution in [0.1, 0.15) is 94.9 Å². The predicted molar refractivity (Wildman–Crippen MR) is 127 cm³/mol. The molecule has 1 aliphatic heterocycles. The fraction of sp³-hybridized carbons (Fsp3) is 0.654. The van der Waals surface area contributed by atoms with Crippen molar-refractivity contribution in [2.75, 3.05) is 13.2 Å². The summed E-state index contributed by atoms with van der Waals surface area (Å²) in [6.45, 7) is 6.15. The van der Waals surface area contributed by atoms with Crippen LogP contribution in [-0.4, -0.2) is 18.2 Å². The Morgan fingerprint density at radius 3 is 2.30 bits per heavy atom. The molecule has 0 radical (unpaired) electrons. The molecule has 166 valence electrons. The summed E-state index contributed by atoms with van der Waals surface area (Å²) in [6.07, 6.45) is 15.9. The Hall–Kier alpha value is -1.23. The standard InChI is InChI=1S/C26H39NO2S/c1-3-5-7-9-11-13-23-15-14-22(18-27-23)24-16-17-25(30-24)26-28-19-21(20-29-26)12-10-8-6-4-2/h14-18,21,26H,3-13,19-20H2,1-2H3/t21-,26-. The SMILES string of the molecule is CCCCCCCc1ccc(-c2ccc([C@H]3OC[C@H](CCCCCC)CO3)s2)cn1. The summed E-state index contributed by atoms with van der Waals surface area (Å²) in [7, 11) is 0. The molecular weight excluding hydrogens is 390 g/mol. The lowest BCUT2D eigenvalue weighted by Crippen LogP contribution is -2.26. The molecule has 0 aromatic carbocycles. The monoisotopic (exact) mass is 429 g/mol. The largest absolute Gasteiger partial charge is 0.347 e. The molecule has 0 N–H and O–H groups in total. The lowest BCUT2D eigenvalue weighted by Gasteiger charge is -2.28. The van der Waals surface area contributed by atoms with E-state index in [2.05, 4.69) is 38.1 Å². The van der Waals surface area contributed by atoms with Crippen LogP contribution in [0.5, 0.6) is 0 Å². The molecule has 0 aliphatic carbocycles. The Balaban J connectivity index is 1.43. The average Bonchev–Trinajstić information content (AvgIpc) is 3.28. The number of hydrogen-bond acceptors (Lipinski definition) is 4. The number of rotatable bonds is 13. The quantitative estimate of drug-likeness (QED) is 0.303. The highest BCUT2D eigenvalue weighted by molar-refractivity contribution is 7.15. The van der Waals surface area contributed by atoms with Gasteiger partial charge < -0.3 is 9.47 Å². The Morgan fingerprint density at radius 2 is 1.60 bits per heavy atom. The summed E-state index contributed by atoms with van der Waals surface area (Å²) in [4.78, 5) is 7.09. The maximum Gasteiger partial charge on any atom is 0.193 e. The zero-order chi connectivity index (χ0) is 21.0. The van der Waals surface area contributed by atoms with Gasteiger partial charge in [-0.1, -0.05) is 71.3 Å². The normalized spacial score (nSPS) is 19.3. The average molecular weight is 430 g/mol. The van der Waals surface area contributed by atoms with E-state index in [4.69, 9.17) is 14.5 Å². The van der Waals surface area contributed by atoms with E-state index in [9.17, 15) is 0 Å². The van der Waals surface area contributed by atoms with Gasteiger partial charge >= 0.3 is 0 Å². The van der Waals surface area contributed by atoms with Gasteiger partial charge in [0.05, 0.1) is 18.1 Å². The van der Waals surface area contributed by atoms with Crippen LogP contribution >= 0.6 is 11.3 Å². The first-order valence-corrected chi connectivity index (χ1v) is 12.9. The van der Waals surface area contributed by atoms with E-state index in [-0.39, 0.29) is 6.29 Å². The topological polar surface area (TPSA) is 31.4 Å². The lowest BCUT2D eigenvalue weighted by molar-refractivity contribution is -0.204. The third-order valence-electron chi connectivity index (χ3n) is 5.94. The van der Waals surface area contributed by atoms with Gasteiger partial charge in [0.1, 0.15) is 0 Å². The maximum atomic E-state index is 6.05. The molecule has 0 saturated carbocycles. The minimum absolute atomic E-state index is 0.203. The van der Waals surface area contributed by atoms with E-state index in [1.807, 2.05) is 6.20 Å². The second kappa shape index (κ2) is 13.2. The number of thiophene rings is 1. The number of pyridine rings is 1. The highest BCUT2D eigenvalue weighted by Gasteiger charge is 2.24. The molecule has 2 aromatic rings. The van der Waals surface area contributed by atoms with E-state index in [1.54, 1.807) is 11.3 Å². The second-order valence-corrected chi connectivity index (χ2v) is 9.73. The van der Waals surface area contributed by atoms with Crippen molar-refractivity contribution in [1.82, 2.24) is 4.98 Å². The first-order chi connectivity index (χ1) is 14.8. The van der Waals surface area contributed by atoms with E-state index in [0.29, 0.717) is 5.92 Å². The van der Waals surface area contributed by atoms with Crippen LogP contribution in [0.4, 0.5) is 0 Å². The fourth-order valence-electron chi connectivity index (χ4n) is 4.00. The lowest BCUT2D eigenvalue weighted by atomic mass is 10.0. The third kappa shape index (κ3) is 7.47. The van der Waals surface area contributed by atoms with Crippen LogP contribution in [0.25, 0.3) is 10.4 Å². The molecule has 0 atom stereocenters. The van der Waals surface area contributed by atoms with Gasteiger partial charge in [0.15, 0.2) is 6.29 Å². The Labute approximate surface area is 187 Å². The third-order valence-corrected chi connectivity index (χ3v) is 7.09. The van der Waals surface area contributed by atoms with Gasteiger partial charge in [-0.3, -0.25) is 4.98 Å². The summed E-state index contributed by atoms with van der Waals surface area (Å²) in [5.74, 6) is 0.552. The van der Waals surface area contributed by atoms with Gasteiger partial charge in [-0.15, -0.1) is 11.3 Å². The minimum Gasteiger partial charge on any atom is -0.347 e. The Morgan fingerprint density at radius 1 is 0.867 bits per heavy atom. The van der Waals surface area contributed by atoms with Crippen molar-refractivity contribution in [3.05, 3.63) is 41.0 Å². The molecule has 1 fully saturated rings. The number of ether oxygens (including phenoxy) is 2. The molecule has 1 saturated heterocycles. The van der Waals surface area contributed by atoms with Gasteiger partial charge in [-0.05, 0) is 37.5 Å². The van der Waals surface area contributed by atoms with Crippen molar-refractivity contribution in [2.45, 2.75) is 90.8 Å². The van der Waals surface area contributed by atoms with Crippen molar-refractivity contribution in [3.63, 3.8) is 0 Å². The van der Waals surface area contributed by atoms with Crippen LogP contribution in [-0.2, 0) is 15.9 Å². The molecular formula is C26H39NO2S. The Kier molecular flexibility index (Phi) is 10.3. The van der Waals surface area contributed by atoms with Gasteiger partial charge in [0.25, 0.3) is 0 Å². The van der Waals surface area contributed by atoms with Gasteiger partial charge in [-0.25, -0.2) is 0 Å². The van der Waals surface area contributed by atoms with Crippen LogP contribution in [0.2, 0.25) is 0 Å². The summed E-state index contributed by atoms with van der Waals surface area (Å²) in [6, 6.07) is 8.71. The molecule has 3 nitrogen and oxygen atoms in total. The summed E-state index contributed by atoms with van der Waals surface area (Å²) in [5.41, 5.74) is 2.39. The van der Waals surface area contributed by atoms with E-state index >= 15 is 0 Å². The van der Waals surface area contributed by atoms with Crippen molar-refractivity contribution >= 4 is 11.3 Å².